The number of aromatic nitrogens is 1. The summed E-state index contributed by atoms with van der Waals surface area (Å²) in [5.74, 6) is -0.530. The highest BCUT2D eigenvalue weighted by atomic mass is 16.5. The van der Waals surface area contributed by atoms with Crippen molar-refractivity contribution in [2.24, 2.45) is 0 Å². The molecule has 22 heavy (non-hydrogen) atoms. The van der Waals surface area contributed by atoms with Crippen LogP contribution in [0.5, 0.6) is 0 Å². The van der Waals surface area contributed by atoms with Gasteiger partial charge in [-0.05, 0) is 24.5 Å². The lowest BCUT2D eigenvalue weighted by molar-refractivity contribution is 0.0705. The van der Waals surface area contributed by atoms with E-state index >= 15 is 0 Å². The lowest BCUT2D eigenvalue weighted by Crippen LogP contribution is -2.34. The molecule has 0 spiro atoms. The highest BCUT2D eigenvalue weighted by Crippen LogP contribution is 2.18. The molecular weight excluding hydrogens is 282 g/mol. The third-order valence-electron chi connectivity index (χ3n) is 3.73. The Hall–Kier alpha value is -1.76. The number of ether oxygens (including phenoxy) is 1. The molecule has 0 saturated heterocycles. The van der Waals surface area contributed by atoms with Crippen molar-refractivity contribution in [3.05, 3.63) is 41.7 Å². The number of nitrogens with one attached hydrogen (secondary N) is 1. The van der Waals surface area contributed by atoms with Gasteiger partial charge in [-0.1, -0.05) is 6.08 Å². The number of unbranched alkanes of at least 4 members (excludes halogenated alkanes) is 1. The lowest BCUT2D eigenvalue weighted by atomic mass is 10.0. The summed E-state index contributed by atoms with van der Waals surface area (Å²) < 4.78 is 5.60. The molecular formula is C16H23N3O3. The topological polar surface area (TPSA) is 74.7 Å². The molecule has 0 unspecified atom stereocenters. The smallest absolute Gasteiger partial charge is 0.276 e. The van der Waals surface area contributed by atoms with E-state index < -0.39 is 5.91 Å². The predicted molar refractivity (Wildman–Crippen MR) is 82.7 cm³/mol. The van der Waals surface area contributed by atoms with Gasteiger partial charge in [0.2, 0.25) is 0 Å². The zero-order valence-corrected chi connectivity index (χ0v) is 12.8. The highest BCUT2D eigenvalue weighted by molar-refractivity contribution is 5.93. The minimum atomic E-state index is -0.530. The van der Waals surface area contributed by atoms with Crippen molar-refractivity contribution in [1.82, 2.24) is 15.4 Å². The van der Waals surface area contributed by atoms with Crippen LogP contribution in [-0.2, 0) is 17.7 Å². The molecule has 0 saturated carbocycles. The van der Waals surface area contributed by atoms with Crippen molar-refractivity contribution >= 4 is 5.91 Å². The largest absolute Gasteiger partial charge is 0.380 e. The summed E-state index contributed by atoms with van der Waals surface area (Å²) in [5.41, 5.74) is 4.08. The molecule has 2 heterocycles. The predicted octanol–water partition coefficient (Wildman–Crippen LogP) is 1.54. The monoisotopic (exact) mass is 305 g/mol. The van der Waals surface area contributed by atoms with Crippen molar-refractivity contribution in [3.8, 4) is 0 Å². The number of fused-ring (bicyclic) bond motifs is 1. The fourth-order valence-electron chi connectivity index (χ4n) is 2.49. The van der Waals surface area contributed by atoms with Crippen LogP contribution in [0.1, 0.15) is 34.5 Å². The number of nitrogens with zero attached hydrogens (tertiary/aromatic N) is 2. The van der Waals surface area contributed by atoms with Crippen LogP contribution in [0.15, 0.2) is 24.9 Å². The summed E-state index contributed by atoms with van der Waals surface area (Å²) in [5, 5.41) is 8.69. The van der Waals surface area contributed by atoms with Crippen molar-refractivity contribution < 1.29 is 14.7 Å². The summed E-state index contributed by atoms with van der Waals surface area (Å²) in [6.45, 7) is 7.72. The molecule has 120 valence electrons. The first kappa shape index (κ1) is 16.6. The molecule has 0 radical (unpaired) electrons. The molecule has 1 aromatic rings. The second kappa shape index (κ2) is 8.63. The Morgan fingerprint density at radius 2 is 2.41 bits per heavy atom. The van der Waals surface area contributed by atoms with Gasteiger partial charge in [-0.15, -0.1) is 6.58 Å². The molecule has 1 amide bonds. The number of hydrogen-bond donors (Lipinski definition) is 2. The maximum absolute atomic E-state index is 11.4. The molecule has 2 N–H and O–H groups in total. The van der Waals surface area contributed by atoms with E-state index in [-0.39, 0.29) is 0 Å². The fourth-order valence-corrected chi connectivity index (χ4v) is 2.49. The molecule has 1 aliphatic heterocycles. The molecule has 0 aliphatic carbocycles. The van der Waals surface area contributed by atoms with Gasteiger partial charge in [0.1, 0.15) is 0 Å². The summed E-state index contributed by atoms with van der Waals surface area (Å²) in [6.07, 6.45) is 6.27. The Balaban J connectivity index is 1.82. The molecule has 2 rings (SSSR count). The number of hydrogen-bond acceptors (Lipinski definition) is 5. The van der Waals surface area contributed by atoms with Crippen LogP contribution in [0.25, 0.3) is 0 Å². The number of carbonyl (C=O) groups excluding carboxylic acids is 1. The number of allylic oxidation sites excluding steroid dienone is 1. The number of amides is 1. The number of pyridine rings is 1. The Morgan fingerprint density at radius 3 is 3.18 bits per heavy atom. The Kier molecular flexibility index (Phi) is 6.51. The standard InChI is InChI=1S/C16H23N3O3/c1-2-3-4-8-22-9-7-19-6-5-15-14(12-19)10-13(11-17-15)16(20)18-21/h2,10-11,21H,1,3-9,12H2,(H,18,20). The van der Waals surface area contributed by atoms with Crippen LogP contribution in [0.3, 0.4) is 0 Å². The van der Waals surface area contributed by atoms with Crippen LogP contribution < -0.4 is 5.48 Å². The number of hydroxylamine groups is 1. The van der Waals surface area contributed by atoms with Gasteiger partial charge in [0.15, 0.2) is 0 Å². The van der Waals surface area contributed by atoms with E-state index in [4.69, 9.17) is 9.94 Å². The molecule has 0 fully saturated rings. The van der Waals surface area contributed by atoms with Crippen LogP contribution in [0.4, 0.5) is 0 Å². The van der Waals surface area contributed by atoms with E-state index in [1.54, 1.807) is 11.5 Å². The van der Waals surface area contributed by atoms with Crippen molar-refractivity contribution in [2.45, 2.75) is 25.8 Å². The number of rotatable bonds is 8. The van der Waals surface area contributed by atoms with E-state index in [1.807, 2.05) is 6.08 Å². The number of carbonyl (C=O) groups is 1. The molecule has 6 nitrogen and oxygen atoms in total. The quantitative estimate of drug-likeness (QED) is 0.330. The minimum absolute atomic E-state index is 0.378. The Morgan fingerprint density at radius 1 is 1.55 bits per heavy atom. The van der Waals surface area contributed by atoms with Gasteiger partial charge in [-0.25, -0.2) is 5.48 Å². The van der Waals surface area contributed by atoms with Crippen molar-refractivity contribution in [1.29, 1.82) is 0 Å². The van der Waals surface area contributed by atoms with E-state index in [0.717, 1.165) is 56.8 Å². The summed E-state index contributed by atoms with van der Waals surface area (Å²) >= 11 is 0. The minimum Gasteiger partial charge on any atom is -0.380 e. The second-order valence-electron chi connectivity index (χ2n) is 5.34. The van der Waals surface area contributed by atoms with Gasteiger partial charge in [-0.3, -0.25) is 19.9 Å². The van der Waals surface area contributed by atoms with Crippen molar-refractivity contribution in [3.63, 3.8) is 0 Å². The third-order valence-corrected chi connectivity index (χ3v) is 3.73. The van der Waals surface area contributed by atoms with Gasteiger partial charge in [0, 0.05) is 44.6 Å². The maximum Gasteiger partial charge on any atom is 0.276 e. The highest BCUT2D eigenvalue weighted by Gasteiger charge is 2.18. The van der Waals surface area contributed by atoms with Crippen LogP contribution in [0.2, 0.25) is 0 Å². The average molecular weight is 305 g/mol. The van der Waals surface area contributed by atoms with Gasteiger partial charge in [0.25, 0.3) is 5.91 Å². The van der Waals surface area contributed by atoms with Crippen molar-refractivity contribution in [2.75, 3.05) is 26.3 Å². The van der Waals surface area contributed by atoms with Gasteiger partial charge in [0.05, 0.1) is 12.2 Å². The molecule has 0 bridgehead atoms. The Bertz CT molecular complexity index is 519. The molecule has 0 aromatic carbocycles. The first-order valence-electron chi connectivity index (χ1n) is 7.58. The average Bonchev–Trinajstić information content (AvgIpc) is 2.56. The van der Waals surface area contributed by atoms with E-state index in [2.05, 4.69) is 16.5 Å². The van der Waals surface area contributed by atoms with Crippen LogP contribution >= 0.6 is 0 Å². The fraction of sp³-hybridized carbons (Fsp3) is 0.500. The zero-order valence-electron chi connectivity index (χ0n) is 12.8. The van der Waals surface area contributed by atoms with E-state index in [9.17, 15) is 4.79 Å². The first-order chi connectivity index (χ1) is 10.7. The maximum atomic E-state index is 11.4. The van der Waals surface area contributed by atoms with Gasteiger partial charge in [-0.2, -0.15) is 0 Å². The zero-order chi connectivity index (χ0) is 15.8. The summed E-state index contributed by atoms with van der Waals surface area (Å²) in [6, 6.07) is 1.80. The van der Waals surface area contributed by atoms with Gasteiger partial charge < -0.3 is 4.74 Å². The molecule has 1 aliphatic rings. The van der Waals surface area contributed by atoms with E-state index in [0.29, 0.717) is 12.2 Å². The van der Waals surface area contributed by atoms with Gasteiger partial charge >= 0.3 is 0 Å². The molecule has 1 aromatic heterocycles. The second-order valence-corrected chi connectivity index (χ2v) is 5.34. The molecule has 0 atom stereocenters. The Labute approximate surface area is 130 Å². The third kappa shape index (κ3) is 4.62. The van der Waals surface area contributed by atoms with Crippen LogP contribution in [-0.4, -0.2) is 47.3 Å². The first-order valence-corrected chi connectivity index (χ1v) is 7.58. The summed E-state index contributed by atoms with van der Waals surface area (Å²) in [7, 11) is 0. The summed E-state index contributed by atoms with van der Waals surface area (Å²) in [4.78, 5) is 18.0. The van der Waals surface area contributed by atoms with Crippen LogP contribution in [0, 0.1) is 0 Å². The SMILES string of the molecule is C=CCCCOCCN1CCc2ncc(C(=O)NO)cc2C1. The van der Waals surface area contributed by atoms with E-state index in [1.165, 1.54) is 6.20 Å². The lowest BCUT2D eigenvalue weighted by Gasteiger charge is -2.28. The normalized spacial score (nSPS) is 14.4. The molecule has 6 heteroatoms.